The van der Waals surface area contributed by atoms with Gasteiger partial charge in [-0.1, -0.05) is 0 Å². The average Bonchev–Trinajstić information content (AvgIpc) is 3.70. The highest BCUT2D eigenvalue weighted by Gasteiger charge is 2.48. The van der Waals surface area contributed by atoms with Crippen LogP contribution in [0.1, 0.15) is 24.8 Å². The van der Waals surface area contributed by atoms with E-state index < -0.39 is 37.2 Å². The number of piperidine rings is 1. The third-order valence-corrected chi connectivity index (χ3v) is 6.12. The van der Waals surface area contributed by atoms with Crippen LogP contribution >= 0.6 is 0 Å². The Labute approximate surface area is 200 Å². The van der Waals surface area contributed by atoms with E-state index in [-0.39, 0.29) is 37.1 Å². The van der Waals surface area contributed by atoms with Crippen molar-refractivity contribution < 1.29 is 33.3 Å². The molecule has 0 unspecified atom stereocenters. The summed E-state index contributed by atoms with van der Waals surface area (Å²) in [5.41, 5.74) is 8.26. The third-order valence-electron chi connectivity index (χ3n) is 6.12. The molecular weight excluding hydrogens is 462 g/mol. The Morgan fingerprint density at radius 3 is 2.69 bits per heavy atom. The van der Waals surface area contributed by atoms with Gasteiger partial charge in [0.25, 0.3) is 5.91 Å². The average molecular weight is 491 g/mol. The fourth-order valence-electron chi connectivity index (χ4n) is 3.96. The van der Waals surface area contributed by atoms with Crippen LogP contribution in [0.2, 0.25) is 0 Å². The van der Waals surface area contributed by atoms with E-state index in [1.807, 2.05) is 0 Å². The molecule has 0 spiro atoms. The maximum atomic E-state index is 14.8. The van der Waals surface area contributed by atoms with Crippen molar-refractivity contribution in [3.05, 3.63) is 42.1 Å². The Morgan fingerprint density at radius 1 is 1.26 bits per heavy atom. The summed E-state index contributed by atoms with van der Waals surface area (Å²) in [6.45, 7) is -1.77. The number of nitrogens with two attached hydrogens (primary N) is 1. The number of rotatable bonds is 8. The van der Waals surface area contributed by atoms with Crippen molar-refractivity contribution in [3.63, 3.8) is 0 Å². The van der Waals surface area contributed by atoms with E-state index in [1.54, 1.807) is 36.5 Å². The molecule has 188 valence electrons. The number of ether oxygens (including phenoxy) is 1. The van der Waals surface area contributed by atoms with Crippen LogP contribution in [-0.4, -0.2) is 69.7 Å². The number of carbonyl (C=O) groups excluding carboxylic acids is 2. The van der Waals surface area contributed by atoms with Gasteiger partial charge in [-0.15, -0.1) is 0 Å². The minimum Gasteiger partial charge on any atom is -0.484 e. The van der Waals surface area contributed by atoms with Gasteiger partial charge in [-0.2, -0.15) is 0 Å². The molecule has 1 aliphatic carbocycles. The standard InChI is InChI=1S/C24H28F2N4O5/c25-24(26)13-30(23(34)19(32)12-31)8-6-21(24)35-20-4-3-15(9-16(20)11-27)18-10-17(5-7-28-18)29-22(33)14-1-2-14/h3-5,7,9-10,14,19,21,31-32H,1-2,6,8,11-13,27H2,(H,28,29,33)/t19-,21-/m0/s1. The normalized spacial score (nSPS) is 20.3. The lowest BCUT2D eigenvalue weighted by Gasteiger charge is -2.39. The van der Waals surface area contributed by atoms with Gasteiger partial charge < -0.3 is 30.9 Å². The second-order valence-corrected chi connectivity index (χ2v) is 8.83. The number of aliphatic hydroxyl groups excluding tert-OH is 2. The van der Waals surface area contributed by atoms with Gasteiger partial charge in [-0.3, -0.25) is 14.6 Å². The highest BCUT2D eigenvalue weighted by molar-refractivity contribution is 5.94. The van der Waals surface area contributed by atoms with Crippen LogP contribution in [0.5, 0.6) is 5.75 Å². The number of anilines is 1. The van der Waals surface area contributed by atoms with E-state index in [4.69, 9.17) is 15.6 Å². The number of alkyl halides is 2. The molecule has 0 bridgehead atoms. The largest absolute Gasteiger partial charge is 0.484 e. The summed E-state index contributed by atoms with van der Waals surface area (Å²) < 4.78 is 35.2. The topological polar surface area (TPSA) is 138 Å². The summed E-state index contributed by atoms with van der Waals surface area (Å²) in [5, 5.41) is 21.2. The fourth-order valence-corrected chi connectivity index (χ4v) is 3.96. The molecule has 1 saturated carbocycles. The van der Waals surface area contributed by atoms with Crippen molar-refractivity contribution >= 4 is 17.5 Å². The number of carbonyl (C=O) groups is 2. The van der Waals surface area contributed by atoms with Crippen LogP contribution in [0.25, 0.3) is 11.3 Å². The summed E-state index contributed by atoms with van der Waals surface area (Å²) in [4.78, 5) is 29.2. The van der Waals surface area contributed by atoms with Gasteiger partial charge in [0.1, 0.15) is 5.75 Å². The van der Waals surface area contributed by atoms with Crippen LogP contribution in [0.3, 0.4) is 0 Å². The first-order chi connectivity index (χ1) is 16.7. The summed E-state index contributed by atoms with van der Waals surface area (Å²) in [6.07, 6.45) is -0.0173. The molecule has 4 rings (SSSR count). The summed E-state index contributed by atoms with van der Waals surface area (Å²) in [6, 6.07) is 8.37. The van der Waals surface area contributed by atoms with Crippen LogP contribution in [0.4, 0.5) is 14.5 Å². The zero-order valence-corrected chi connectivity index (χ0v) is 19.0. The molecule has 2 aliphatic rings. The van der Waals surface area contributed by atoms with Gasteiger partial charge in [0, 0.05) is 48.4 Å². The fraction of sp³-hybridized carbons (Fsp3) is 0.458. The Hall–Kier alpha value is -3.15. The quantitative estimate of drug-likeness (QED) is 0.440. The molecule has 5 N–H and O–H groups in total. The zero-order valence-electron chi connectivity index (χ0n) is 19.0. The molecule has 2 amide bonds. The van der Waals surface area contributed by atoms with E-state index >= 15 is 0 Å². The number of nitrogens with zero attached hydrogens (tertiary/aromatic N) is 2. The molecule has 11 heteroatoms. The molecule has 1 aliphatic heterocycles. The molecule has 35 heavy (non-hydrogen) atoms. The van der Waals surface area contributed by atoms with Crippen molar-refractivity contribution in [3.8, 4) is 17.0 Å². The maximum Gasteiger partial charge on any atom is 0.301 e. The molecule has 2 atom stereocenters. The first-order valence-corrected chi connectivity index (χ1v) is 11.4. The monoisotopic (exact) mass is 490 g/mol. The predicted octanol–water partition coefficient (Wildman–Crippen LogP) is 1.52. The minimum absolute atomic E-state index is 0.0203. The summed E-state index contributed by atoms with van der Waals surface area (Å²) >= 11 is 0. The van der Waals surface area contributed by atoms with Crippen molar-refractivity contribution in [1.82, 2.24) is 9.88 Å². The molecule has 9 nitrogen and oxygen atoms in total. The molecular formula is C24H28F2N4O5. The van der Waals surface area contributed by atoms with E-state index in [0.29, 0.717) is 22.5 Å². The molecule has 1 aromatic carbocycles. The van der Waals surface area contributed by atoms with E-state index in [0.717, 1.165) is 17.7 Å². The number of amides is 2. The molecule has 0 radical (unpaired) electrons. The highest BCUT2D eigenvalue weighted by Crippen LogP contribution is 2.34. The minimum atomic E-state index is -3.37. The van der Waals surface area contributed by atoms with Gasteiger partial charge in [0.15, 0.2) is 12.2 Å². The maximum absolute atomic E-state index is 14.8. The number of aliphatic hydroxyl groups is 2. The first-order valence-electron chi connectivity index (χ1n) is 11.4. The number of halogens is 2. The predicted molar refractivity (Wildman–Crippen MR) is 123 cm³/mol. The number of nitrogens with one attached hydrogen (secondary N) is 1. The van der Waals surface area contributed by atoms with Gasteiger partial charge in [-0.05, 0) is 43.2 Å². The van der Waals surface area contributed by atoms with Gasteiger partial charge in [0.2, 0.25) is 5.91 Å². The molecule has 1 saturated heterocycles. The smallest absolute Gasteiger partial charge is 0.301 e. The second kappa shape index (κ2) is 10.2. The Balaban J connectivity index is 1.47. The van der Waals surface area contributed by atoms with Crippen molar-refractivity contribution in [2.45, 2.75) is 43.9 Å². The Morgan fingerprint density at radius 2 is 2.03 bits per heavy atom. The van der Waals surface area contributed by atoms with Crippen LogP contribution in [-0.2, 0) is 16.1 Å². The lowest BCUT2D eigenvalue weighted by Crippen LogP contribution is -2.57. The van der Waals surface area contributed by atoms with Gasteiger partial charge in [0.05, 0.1) is 18.8 Å². The van der Waals surface area contributed by atoms with Crippen molar-refractivity contribution in [1.29, 1.82) is 0 Å². The summed E-state index contributed by atoms with van der Waals surface area (Å²) in [5.74, 6) is -4.07. The third kappa shape index (κ3) is 5.75. The van der Waals surface area contributed by atoms with E-state index in [1.165, 1.54) is 0 Å². The lowest BCUT2D eigenvalue weighted by atomic mass is 10.0. The van der Waals surface area contributed by atoms with E-state index in [2.05, 4.69) is 10.3 Å². The van der Waals surface area contributed by atoms with Crippen LogP contribution in [0, 0.1) is 5.92 Å². The Bertz CT molecular complexity index is 1100. The van der Waals surface area contributed by atoms with Gasteiger partial charge in [-0.25, -0.2) is 8.78 Å². The highest BCUT2D eigenvalue weighted by atomic mass is 19.3. The molecule has 2 heterocycles. The molecule has 2 aromatic rings. The second-order valence-electron chi connectivity index (χ2n) is 8.83. The number of benzene rings is 1. The van der Waals surface area contributed by atoms with E-state index in [9.17, 15) is 23.5 Å². The van der Waals surface area contributed by atoms with Gasteiger partial charge >= 0.3 is 5.92 Å². The number of likely N-dealkylation sites (tertiary alicyclic amines) is 1. The number of hydrogen-bond acceptors (Lipinski definition) is 7. The molecule has 2 fully saturated rings. The van der Waals surface area contributed by atoms with Crippen LogP contribution < -0.4 is 15.8 Å². The summed E-state index contributed by atoms with van der Waals surface area (Å²) in [7, 11) is 0. The van der Waals surface area contributed by atoms with Crippen LogP contribution in [0.15, 0.2) is 36.5 Å². The number of hydrogen-bond donors (Lipinski definition) is 4. The lowest BCUT2D eigenvalue weighted by molar-refractivity contribution is -0.167. The molecule has 1 aromatic heterocycles. The number of pyridine rings is 1. The first kappa shape index (κ1) is 25.0. The number of aromatic nitrogens is 1. The zero-order chi connectivity index (χ0) is 25.2. The Kier molecular flexibility index (Phi) is 7.29. The van der Waals surface area contributed by atoms with Crippen molar-refractivity contribution in [2.75, 3.05) is 25.0 Å². The SMILES string of the molecule is NCc1cc(-c2cc(NC(=O)C3CC3)ccn2)ccc1O[C@H]1CCN(C(=O)[C@@H](O)CO)CC1(F)F. The van der Waals surface area contributed by atoms with Crippen molar-refractivity contribution in [2.24, 2.45) is 11.7 Å².